The molecule has 20 heavy (non-hydrogen) atoms. The van der Waals surface area contributed by atoms with Crippen molar-refractivity contribution in [3.05, 3.63) is 23.8 Å². The summed E-state index contributed by atoms with van der Waals surface area (Å²) in [6.45, 7) is 6.33. The summed E-state index contributed by atoms with van der Waals surface area (Å²) in [7, 11) is 1.64. The molecule has 112 valence electrons. The van der Waals surface area contributed by atoms with Crippen LogP contribution in [0.5, 0.6) is 11.5 Å². The third-order valence-electron chi connectivity index (χ3n) is 4.10. The first-order chi connectivity index (χ1) is 9.49. The van der Waals surface area contributed by atoms with Gasteiger partial charge in [0.25, 0.3) is 0 Å². The summed E-state index contributed by atoms with van der Waals surface area (Å²) in [5.41, 5.74) is 0.830. The zero-order valence-corrected chi connectivity index (χ0v) is 12.9. The molecule has 0 radical (unpaired) electrons. The minimum Gasteiger partial charge on any atom is -0.497 e. The molecule has 2 rings (SSSR count). The second-order valence-corrected chi connectivity index (χ2v) is 6.24. The van der Waals surface area contributed by atoms with E-state index in [1.165, 1.54) is 6.42 Å². The van der Waals surface area contributed by atoms with Crippen molar-refractivity contribution >= 4 is 0 Å². The van der Waals surface area contributed by atoms with Crippen molar-refractivity contribution in [2.24, 2.45) is 11.8 Å². The normalized spacial score (nSPS) is 27.9. The van der Waals surface area contributed by atoms with Gasteiger partial charge in [-0.2, -0.15) is 0 Å². The average molecular weight is 278 g/mol. The highest BCUT2D eigenvalue weighted by atomic mass is 16.5. The Morgan fingerprint density at radius 1 is 1.15 bits per heavy atom. The first-order valence-corrected chi connectivity index (χ1v) is 7.52. The summed E-state index contributed by atoms with van der Waals surface area (Å²) in [5, 5.41) is 9.88. The molecule has 0 aliphatic heterocycles. The maximum Gasteiger partial charge on any atom is 0.129 e. The van der Waals surface area contributed by atoms with Gasteiger partial charge in [-0.1, -0.05) is 13.8 Å². The van der Waals surface area contributed by atoms with Gasteiger partial charge in [0, 0.05) is 11.6 Å². The number of aliphatic hydroxyl groups is 1. The third-order valence-corrected chi connectivity index (χ3v) is 4.10. The summed E-state index contributed by atoms with van der Waals surface area (Å²) in [5.74, 6) is 2.92. The summed E-state index contributed by atoms with van der Waals surface area (Å²) < 4.78 is 11.5. The molecule has 1 aliphatic rings. The molecule has 0 aromatic heterocycles. The number of benzene rings is 1. The molecule has 0 bridgehead atoms. The summed E-state index contributed by atoms with van der Waals surface area (Å²) in [4.78, 5) is 0. The van der Waals surface area contributed by atoms with Gasteiger partial charge in [0.2, 0.25) is 0 Å². The molecule has 0 saturated heterocycles. The molecule has 0 spiro atoms. The lowest BCUT2D eigenvalue weighted by atomic mass is 9.82. The lowest BCUT2D eigenvalue weighted by molar-refractivity contribution is 0.0957. The van der Waals surface area contributed by atoms with Gasteiger partial charge in [-0.15, -0.1) is 0 Å². The Morgan fingerprint density at radius 2 is 1.80 bits per heavy atom. The van der Waals surface area contributed by atoms with E-state index in [0.717, 1.165) is 29.9 Å². The maximum absolute atomic E-state index is 9.88. The predicted octanol–water partition coefficient (Wildman–Crippen LogP) is 3.95. The van der Waals surface area contributed by atoms with Gasteiger partial charge in [-0.3, -0.25) is 0 Å². The Morgan fingerprint density at radius 3 is 2.35 bits per heavy atom. The van der Waals surface area contributed by atoms with Crippen LogP contribution in [0.25, 0.3) is 0 Å². The molecule has 1 N–H and O–H groups in total. The molecule has 0 heterocycles. The highest BCUT2D eigenvalue weighted by Crippen LogP contribution is 2.35. The van der Waals surface area contributed by atoms with Crippen LogP contribution in [0, 0.1) is 11.8 Å². The van der Waals surface area contributed by atoms with E-state index in [0.29, 0.717) is 11.8 Å². The summed E-state index contributed by atoms with van der Waals surface area (Å²) >= 11 is 0. The number of ether oxygens (including phenoxy) is 2. The van der Waals surface area contributed by atoms with Crippen molar-refractivity contribution < 1.29 is 14.6 Å². The van der Waals surface area contributed by atoms with Gasteiger partial charge in [-0.25, -0.2) is 0 Å². The number of methoxy groups -OCH3 is 1. The lowest BCUT2D eigenvalue weighted by Gasteiger charge is -2.32. The van der Waals surface area contributed by atoms with E-state index < -0.39 is 6.10 Å². The predicted molar refractivity (Wildman–Crippen MR) is 80.2 cm³/mol. The van der Waals surface area contributed by atoms with E-state index in [4.69, 9.17) is 9.47 Å². The third kappa shape index (κ3) is 3.66. The topological polar surface area (TPSA) is 38.7 Å². The van der Waals surface area contributed by atoms with Gasteiger partial charge in [0.1, 0.15) is 11.5 Å². The monoisotopic (exact) mass is 278 g/mol. The highest BCUT2D eigenvalue weighted by Gasteiger charge is 2.26. The van der Waals surface area contributed by atoms with Crippen LogP contribution in [0.4, 0.5) is 0 Å². The van der Waals surface area contributed by atoms with Crippen molar-refractivity contribution in [1.29, 1.82) is 0 Å². The van der Waals surface area contributed by atoms with E-state index in [-0.39, 0.29) is 6.10 Å². The lowest BCUT2D eigenvalue weighted by Crippen LogP contribution is -2.28. The maximum atomic E-state index is 9.88. The Balaban J connectivity index is 2.18. The molecule has 1 fully saturated rings. The van der Waals surface area contributed by atoms with Gasteiger partial charge in [-0.05, 0) is 50.2 Å². The Labute approximate surface area is 121 Å². The fraction of sp³-hybridized carbons (Fsp3) is 0.647. The molecule has 1 saturated carbocycles. The van der Waals surface area contributed by atoms with Crippen LogP contribution < -0.4 is 9.47 Å². The highest BCUT2D eigenvalue weighted by molar-refractivity contribution is 5.42. The fourth-order valence-corrected chi connectivity index (χ4v) is 3.24. The number of rotatable bonds is 4. The first-order valence-electron chi connectivity index (χ1n) is 7.52. The molecule has 3 atom stereocenters. The van der Waals surface area contributed by atoms with E-state index in [9.17, 15) is 5.11 Å². The van der Waals surface area contributed by atoms with E-state index in [1.807, 2.05) is 18.2 Å². The second-order valence-electron chi connectivity index (χ2n) is 6.24. The Hall–Kier alpha value is -1.22. The minimum absolute atomic E-state index is 0.235. The standard InChI is InChI=1S/C17H26O3/c1-11-7-12(2)9-15(8-11)20-17-10-14(19-4)5-6-16(17)13(3)18/h5-6,10-13,15,18H,7-9H2,1-4H3. The molecule has 1 aliphatic carbocycles. The molecule has 1 aromatic rings. The molecule has 3 unspecified atom stereocenters. The zero-order valence-electron chi connectivity index (χ0n) is 12.9. The van der Waals surface area contributed by atoms with Crippen molar-refractivity contribution in [3.63, 3.8) is 0 Å². The first kappa shape index (κ1) is 15.2. The molecule has 3 nitrogen and oxygen atoms in total. The average Bonchev–Trinajstić information content (AvgIpc) is 2.37. The zero-order chi connectivity index (χ0) is 14.7. The second kappa shape index (κ2) is 6.49. The largest absolute Gasteiger partial charge is 0.497 e. The SMILES string of the molecule is COc1ccc(C(C)O)c(OC2CC(C)CC(C)C2)c1. The van der Waals surface area contributed by atoms with Crippen LogP contribution in [0.3, 0.4) is 0 Å². The van der Waals surface area contributed by atoms with E-state index >= 15 is 0 Å². The molecular formula is C17H26O3. The van der Waals surface area contributed by atoms with E-state index in [2.05, 4.69) is 13.8 Å². The molecule has 1 aromatic carbocycles. The van der Waals surface area contributed by atoms with Crippen molar-refractivity contribution in [2.45, 2.75) is 52.2 Å². The Bertz CT molecular complexity index is 432. The van der Waals surface area contributed by atoms with Crippen molar-refractivity contribution in [3.8, 4) is 11.5 Å². The molecular weight excluding hydrogens is 252 g/mol. The fourth-order valence-electron chi connectivity index (χ4n) is 3.24. The summed E-state index contributed by atoms with van der Waals surface area (Å²) in [6.07, 6.45) is 3.15. The quantitative estimate of drug-likeness (QED) is 0.906. The van der Waals surface area contributed by atoms with Gasteiger partial charge < -0.3 is 14.6 Å². The van der Waals surface area contributed by atoms with Crippen LogP contribution >= 0.6 is 0 Å². The van der Waals surface area contributed by atoms with Crippen LogP contribution in [-0.2, 0) is 0 Å². The summed E-state index contributed by atoms with van der Waals surface area (Å²) in [6, 6.07) is 5.63. The molecule has 3 heteroatoms. The minimum atomic E-state index is -0.533. The van der Waals surface area contributed by atoms with Crippen molar-refractivity contribution in [1.82, 2.24) is 0 Å². The van der Waals surface area contributed by atoms with Crippen LogP contribution in [0.1, 0.15) is 51.7 Å². The van der Waals surface area contributed by atoms with Gasteiger partial charge in [0.05, 0.1) is 19.3 Å². The molecule has 0 amide bonds. The van der Waals surface area contributed by atoms with Gasteiger partial charge in [0.15, 0.2) is 0 Å². The van der Waals surface area contributed by atoms with E-state index in [1.54, 1.807) is 14.0 Å². The van der Waals surface area contributed by atoms with Crippen LogP contribution in [0.2, 0.25) is 0 Å². The number of hydrogen-bond acceptors (Lipinski definition) is 3. The van der Waals surface area contributed by atoms with Crippen molar-refractivity contribution in [2.75, 3.05) is 7.11 Å². The smallest absolute Gasteiger partial charge is 0.129 e. The van der Waals surface area contributed by atoms with Crippen LogP contribution in [0.15, 0.2) is 18.2 Å². The number of aliphatic hydroxyl groups excluding tert-OH is 1. The van der Waals surface area contributed by atoms with Crippen LogP contribution in [-0.4, -0.2) is 18.3 Å². The Kier molecular flexibility index (Phi) is 4.92. The number of hydrogen-bond donors (Lipinski definition) is 1. The van der Waals surface area contributed by atoms with Gasteiger partial charge >= 0.3 is 0 Å².